The van der Waals surface area contributed by atoms with E-state index in [9.17, 15) is 10.2 Å². The van der Waals surface area contributed by atoms with Crippen molar-refractivity contribution < 1.29 is 10.2 Å². The van der Waals surface area contributed by atoms with Gasteiger partial charge in [0, 0.05) is 6.04 Å². The molecule has 3 heteroatoms. The molecule has 16 heavy (non-hydrogen) atoms. The van der Waals surface area contributed by atoms with Crippen LogP contribution in [0.25, 0.3) is 0 Å². The Kier molecular flexibility index (Phi) is 5.22. The molecule has 1 saturated carbocycles. The molecule has 3 nitrogen and oxygen atoms in total. The lowest BCUT2D eigenvalue weighted by atomic mass is 9.78. The molecule has 0 radical (unpaired) electrons. The van der Waals surface area contributed by atoms with Gasteiger partial charge in [0.25, 0.3) is 0 Å². The van der Waals surface area contributed by atoms with Gasteiger partial charge in [0.15, 0.2) is 0 Å². The Bertz CT molecular complexity index is 196. The summed E-state index contributed by atoms with van der Waals surface area (Å²) in [5.41, 5.74) is -0.490. The van der Waals surface area contributed by atoms with Gasteiger partial charge in [0.1, 0.15) is 0 Å². The highest BCUT2D eigenvalue weighted by Crippen LogP contribution is 2.30. The van der Waals surface area contributed by atoms with E-state index in [4.69, 9.17) is 0 Å². The van der Waals surface area contributed by atoms with Gasteiger partial charge in [-0.1, -0.05) is 27.2 Å². The second-order valence-corrected chi connectivity index (χ2v) is 5.60. The van der Waals surface area contributed by atoms with E-state index >= 15 is 0 Å². The van der Waals surface area contributed by atoms with E-state index in [0.29, 0.717) is 12.0 Å². The molecule has 3 N–H and O–H groups in total. The standard InChI is InChI=1S/C13H27NO2/c1-4-13(8-15,9-16)14-12-7-10(2)5-6-11(12)3/h10-12,14-16H,4-9H2,1-3H3. The van der Waals surface area contributed by atoms with Crippen molar-refractivity contribution in [3.63, 3.8) is 0 Å². The monoisotopic (exact) mass is 229 g/mol. The second-order valence-electron chi connectivity index (χ2n) is 5.60. The molecule has 1 rings (SSSR count). The summed E-state index contributed by atoms with van der Waals surface area (Å²) in [7, 11) is 0. The van der Waals surface area contributed by atoms with Crippen LogP contribution in [0.15, 0.2) is 0 Å². The first kappa shape index (κ1) is 13.9. The normalized spacial score (nSPS) is 31.7. The summed E-state index contributed by atoms with van der Waals surface area (Å²) in [6.07, 6.45) is 4.47. The third-order valence-electron chi connectivity index (χ3n) is 4.23. The molecule has 3 atom stereocenters. The van der Waals surface area contributed by atoms with E-state index in [1.807, 2.05) is 6.92 Å². The van der Waals surface area contributed by atoms with Crippen molar-refractivity contribution in [3.8, 4) is 0 Å². The Morgan fingerprint density at radius 2 is 1.81 bits per heavy atom. The summed E-state index contributed by atoms with van der Waals surface area (Å²) in [5, 5.41) is 22.4. The fraction of sp³-hybridized carbons (Fsp3) is 1.00. The Hall–Kier alpha value is -0.120. The first-order valence-electron chi connectivity index (χ1n) is 6.56. The molecule has 0 aromatic carbocycles. The first-order valence-corrected chi connectivity index (χ1v) is 6.56. The number of nitrogens with one attached hydrogen (secondary N) is 1. The van der Waals surface area contributed by atoms with Crippen molar-refractivity contribution in [2.45, 2.75) is 58.0 Å². The van der Waals surface area contributed by atoms with Crippen LogP contribution in [0.5, 0.6) is 0 Å². The van der Waals surface area contributed by atoms with Gasteiger partial charge in [0.05, 0.1) is 18.8 Å². The second kappa shape index (κ2) is 5.99. The van der Waals surface area contributed by atoms with Crippen molar-refractivity contribution in [2.24, 2.45) is 11.8 Å². The molecule has 0 bridgehead atoms. The van der Waals surface area contributed by atoms with Gasteiger partial charge in [-0.05, 0) is 31.1 Å². The van der Waals surface area contributed by atoms with Gasteiger partial charge in [-0.15, -0.1) is 0 Å². The molecular formula is C13H27NO2. The van der Waals surface area contributed by atoms with Crippen molar-refractivity contribution in [1.29, 1.82) is 0 Å². The van der Waals surface area contributed by atoms with E-state index < -0.39 is 5.54 Å². The lowest BCUT2D eigenvalue weighted by Gasteiger charge is -2.41. The zero-order valence-corrected chi connectivity index (χ0v) is 10.9. The van der Waals surface area contributed by atoms with Crippen LogP contribution in [0.2, 0.25) is 0 Å². The molecule has 1 aliphatic rings. The van der Waals surface area contributed by atoms with Gasteiger partial charge >= 0.3 is 0 Å². The van der Waals surface area contributed by atoms with Crippen molar-refractivity contribution in [1.82, 2.24) is 5.32 Å². The fourth-order valence-corrected chi connectivity index (χ4v) is 2.59. The number of aliphatic hydroxyl groups is 2. The molecule has 0 aromatic heterocycles. The van der Waals surface area contributed by atoms with E-state index in [-0.39, 0.29) is 13.2 Å². The molecule has 1 fully saturated rings. The molecule has 0 aromatic rings. The minimum atomic E-state index is -0.490. The quantitative estimate of drug-likeness (QED) is 0.670. The van der Waals surface area contributed by atoms with Crippen LogP contribution in [0.4, 0.5) is 0 Å². The summed E-state index contributed by atoms with van der Waals surface area (Å²) >= 11 is 0. The van der Waals surface area contributed by atoms with Crippen LogP contribution >= 0.6 is 0 Å². The molecular weight excluding hydrogens is 202 g/mol. The minimum absolute atomic E-state index is 0.0115. The lowest BCUT2D eigenvalue weighted by molar-refractivity contribution is 0.0589. The molecule has 0 spiro atoms. The third-order valence-corrected chi connectivity index (χ3v) is 4.23. The van der Waals surface area contributed by atoms with Crippen molar-refractivity contribution in [3.05, 3.63) is 0 Å². The maximum absolute atomic E-state index is 9.44. The highest BCUT2D eigenvalue weighted by molar-refractivity contribution is 4.92. The molecule has 1 aliphatic carbocycles. The minimum Gasteiger partial charge on any atom is -0.394 e. The summed E-state index contributed by atoms with van der Waals surface area (Å²) in [4.78, 5) is 0. The fourth-order valence-electron chi connectivity index (χ4n) is 2.59. The smallest absolute Gasteiger partial charge is 0.0647 e. The Morgan fingerprint density at radius 3 is 2.31 bits per heavy atom. The Labute approximate surface area is 99.3 Å². The van der Waals surface area contributed by atoms with Crippen molar-refractivity contribution in [2.75, 3.05) is 13.2 Å². The third kappa shape index (κ3) is 3.19. The summed E-state index contributed by atoms with van der Waals surface area (Å²) in [6.45, 7) is 6.58. The Balaban J connectivity index is 2.62. The zero-order valence-electron chi connectivity index (χ0n) is 10.9. The van der Waals surface area contributed by atoms with Gasteiger partial charge in [-0.2, -0.15) is 0 Å². The highest BCUT2D eigenvalue weighted by Gasteiger charge is 2.33. The molecule has 0 saturated heterocycles. The predicted molar refractivity (Wildman–Crippen MR) is 66.3 cm³/mol. The Morgan fingerprint density at radius 1 is 1.19 bits per heavy atom. The maximum atomic E-state index is 9.44. The molecule has 3 unspecified atom stereocenters. The van der Waals surface area contributed by atoms with Crippen LogP contribution in [0.1, 0.15) is 46.5 Å². The lowest BCUT2D eigenvalue weighted by Crippen LogP contribution is -2.58. The first-order chi connectivity index (χ1) is 7.56. The average Bonchev–Trinajstić information content (AvgIpc) is 2.31. The predicted octanol–water partition coefficient (Wildman–Crippen LogP) is 1.53. The van der Waals surface area contributed by atoms with Crippen LogP contribution in [-0.4, -0.2) is 35.0 Å². The van der Waals surface area contributed by atoms with Crippen LogP contribution in [0.3, 0.4) is 0 Å². The summed E-state index contributed by atoms with van der Waals surface area (Å²) in [5.74, 6) is 1.39. The van der Waals surface area contributed by atoms with Crippen LogP contribution < -0.4 is 5.32 Å². The van der Waals surface area contributed by atoms with E-state index in [1.165, 1.54) is 12.8 Å². The number of rotatable bonds is 5. The molecule has 96 valence electrons. The van der Waals surface area contributed by atoms with Gasteiger partial charge in [-0.3, -0.25) is 0 Å². The number of hydrogen-bond donors (Lipinski definition) is 3. The van der Waals surface area contributed by atoms with Gasteiger partial charge in [0.2, 0.25) is 0 Å². The summed E-state index contributed by atoms with van der Waals surface area (Å²) in [6, 6.07) is 0.433. The average molecular weight is 229 g/mol. The molecule has 0 amide bonds. The molecule has 0 heterocycles. The maximum Gasteiger partial charge on any atom is 0.0647 e. The SMILES string of the molecule is CCC(CO)(CO)NC1CC(C)CCC1C. The number of aliphatic hydroxyl groups excluding tert-OH is 2. The van der Waals surface area contributed by atoms with Crippen LogP contribution in [0, 0.1) is 11.8 Å². The van der Waals surface area contributed by atoms with Gasteiger partial charge < -0.3 is 15.5 Å². The topological polar surface area (TPSA) is 52.5 Å². The summed E-state index contributed by atoms with van der Waals surface area (Å²) < 4.78 is 0. The number of hydrogen-bond acceptors (Lipinski definition) is 3. The van der Waals surface area contributed by atoms with E-state index in [1.54, 1.807) is 0 Å². The molecule has 0 aliphatic heterocycles. The zero-order chi connectivity index (χ0) is 12.2. The van der Waals surface area contributed by atoms with E-state index in [2.05, 4.69) is 19.2 Å². The largest absolute Gasteiger partial charge is 0.394 e. The van der Waals surface area contributed by atoms with Crippen molar-refractivity contribution >= 4 is 0 Å². The highest BCUT2D eigenvalue weighted by atomic mass is 16.3. The van der Waals surface area contributed by atoms with Crippen LogP contribution in [-0.2, 0) is 0 Å². The van der Waals surface area contributed by atoms with E-state index in [0.717, 1.165) is 18.8 Å². The van der Waals surface area contributed by atoms with Gasteiger partial charge in [-0.25, -0.2) is 0 Å².